The quantitative estimate of drug-likeness (QED) is 0.556. The Hall–Kier alpha value is -1.76. The van der Waals surface area contributed by atoms with Crippen LogP contribution in [0.15, 0.2) is 36.4 Å². The van der Waals surface area contributed by atoms with Gasteiger partial charge in [-0.1, -0.05) is 49.7 Å². The van der Waals surface area contributed by atoms with Crippen molar-refractivity contribution in [1.29, 1.82) is 0 Å². The number of nitrogens with one attached hydrogen (secondary N) is 1. The van der Waals surface area contributed by atoms with Crippen molar-refractivity contribution >= 4 is 21.7 Å². The van der Waals surface area contributed by atoms with E-state index in [1.54, 1.807) is 0 Å². The number of hydrogen-bond acceptors (Lipinski definition) is 0. The number of H-pyrrole nitrogens is 1. The third-order valence-corrected chi connectivity index (χ3v) is 2.90. The lowest BCUT2D eigenvalue weighted by atomic mass is 10.1. The van der Waals surface area contributed by atoms with Gasteiger partial charge in [0.1, 0.15) is 0 Å². The van der Waals surface area contributed by atoms with Crippen LogP contribution in [0.25, 0.3) is 21.7 Å². The van der Waals surface area contributed by atoms with Gasteiger partial charge >= 0.3 is 0 Å². The summed E-state index contributed by atoms with van der Waals surface area (Å²) in [5, 5.41) is 3.92. The van der Waals surface area contributed by atoms with E-state index in [1.165, 1.54) is 32.9 Å². The standard InChI is InChI=1S/C14H13N.C2H6/c1-9-3-6-13-11(7-9)4-5-12-8-10(2)15-14(12)13;1-2/h3-8,15H,1-2H3;1-2H3. The molecule has 2 aromatic carbocycles. The zero-order valence-corrected chi connectivity index (χ0v) is 11.0. The molecule has 0 aliphatic heterocycles. The summed E-state index contributed by atoms with van der Waals surface area (Å²) < 4.78 is 0. The predicted octanol–water partition coefficient (Wildman–Crippen LogP) is 4.96. The largest absolute Gasteiger partial charge is 0.358 e. The molecule has 0 amide bonds. The Morgan fingerprint density at radius 2 is 1.53 bits per heavy atom. The van der Waals surface area contributed by atoms with Gasteiger partial charge in [-0.15, -0.1) is 0 Å². The van der Waals surface area contributed by atoms with Gasteiger partial charge in [-0.25, -0.2) is 0 Å². The molecule has 0 bridgehead atoms. The molecule has 1 aromatic heterocycles. The molecule has 17 heavy (non-hydrogen) atoms. The van der Waals surface area contributed by atoms with Crippen molar-refractivity contribution in [3.05, 3.63) is 47.7 Å². The van der Waals surface area contributed by atoms with Gasteiger partial charge in [0, 0.05) is 16.5 Å². The highest BCUT2D eigenvalue weighted by Gasteiger charge is 2.02. The Bertz CT molecular complexity index is 647. The number of hydrogen-bond donors (Lipinski definition) is 1. The van der Waals surface area contributed by atoms with E-state index in [0.717, 1.165) is 0 Å². The van der Waals surface area contributed by atoms with Crippen LogP contribution >= 0.6 is 0 Å². The van der Waals surface area contributed by atoms with Gasteiger partial charge in [0.05, 0.1) is 5.52 Å². The molecule has 1 heteroatoms. The van der Waals surface area contributed by atoms with Gasteiger partial charge in [-0.05, 0) is 25.3 Å². The first-order valence-corrected chi connectivity index (χ1v) is 6.23. The van der Waals surface area contributed by atoms with Crippen LogP contribution in [0.4, 0.5) is 0 Å². The minimum atomic E-state index is 1.22. The number of benzene rings is 2. The van der Waals surface area contributed by atoms with Gasteiger partial charge in [0.2, 0.25) is 0 Å². The monoisotopic (exact) mass is 225 g/mol. The van der Waals surface area contributed by atoms with E-state index in [4.69, 9.17) is 0 Å². The van der Waals surface area contributed by atoms with Crippen LogP contribution in [0.2, 0.25) is 0 Å². The number of aromatic amines is 1. The molecule has 0 spiro atoms. The molecule has 0 fully saturated rings. The van der Waals surface area contributed by atoms with Crippen LogP contribution in [0, 0.1) is 13.8 Å². The van der Waals surface area contributed by atoms with Crippen LogP contribution < -0.4 is 0 Å². The molecular weight excluding hydrogens is 206 g/mol. The van der Waals surface area contributed by atoms with Crippen molar-refractivity contribution in [3.63, 3.8) is 0 Å². The van der Waals surface area contributed by atoms with Crippen LogP contribution in [0.5, 0.6) is 0 Å². The molecule has 0 aliphatic carbocycles. The van der Waals surface area contributed by atoms with Crippen molar-refractivity contribution in [2.75, 3.05) is 0 Å². The second-order valence-electron chi connectivity index (χ2n) is 4.21. The van der Waals surface area contributed by atoms with Crippen molar-refractivity contribution in [2.24, 2.45) is 0 Å². The fourth-order valence-corrected chi connectivity index (χ4v) is 2.19. The van der Waals surface area contributed by atoms with Crippen molar-refractivity contribution < 1.29 is 0 Å². The summed E-state index contributed by atoms with van der Waals surface area (Å²) in [4.78, 5) is 3.42. The van der Waals surface area contributed by atoms with Gasteiger partial charge in [0.25, 0.3) is 0 Å². The Morgan fingerprint density at radius 3 is 2.29 bits per heavy atom. The lowest BCUT2D eigenvalue weighted by molar-refractivity contribution is 1.30. The smallest absolute Gasteiger partial charge is 0.0535 e. The molecule has 1 heterocycles. The molecule has 0 atom stereocenters. The zero-order chi connectivity index (χ0) is 12.4. The van der Waals surface area contributed by atoms with E-state index in [1.807, 2.05) is 13.8 Å². The predicted molar refractivity (Wildman–Crippen MR) is 76.6 cm³/mol. The third kappa shape index (κ3) is 2.05. The molecule has 0 aliphatic rings. The third-order valence-electron chi connectivity index (χ3n) is 2.90. The van der Waals surface area contributed by atoms with Crippen molar-refractivity contribution in [3.8, 4) is 0 Å². The maximum atomic E-state index is 3.42. The molecule has 0 radical (unpaired) electrons. The highest BCUT2D eigenvalue weighted by atomic mass is 14.7. The molecule has 3 aromatic rings. The highest BCUT2D eigenvalue weighted by molar-refractivity contribution is 6.05. The summed E-state index contributed by atoms with van der Waals surface area (Å²) in [6, 6.07) is 13.2. The van der Waals surface area contributed by atoms with Crippen LogP contribution in [0.3, 0.4) is 0 Å². The average Bonchev–Trinajstić information content (AvgIpc) is 2.72. The summed E-state index contributed by atoms with van der Waals surface area (Å²) in [5.74, 6) is 0. The molecular formula is C16H19N. The van der Waals surface area contributed by atoms with Crippen LogP contribution in [-0.4, -0.2) is 4.98 Å². The molecule has 88 valence electrons. The van der Waals surface area contributed by atoms with Gasteiger partial charge in [-0.3, -0.25) is 0 Å². The number of fused-ring (bicyclic) bond motifs is 3. The summed E-state index contributed by atoms with van der Waals surface area (Å²) in [5.41, 5.74) is 3.79. The maximum absolute atomic E-state index is 3.42. The Kier molecular flexibility index (Phi) is 3.19. The lowest BCUT2D eigenvalue weighted by Gasteiger charge is -2.00. The maximum Gasteiger partial charge on any atom is 0.0535 e. The molecule has 3 rings (SSSR count). The normalized spacial score (nSPS) is 10.4. The van der Waals surface area contributed by atoms with E-state index in [9.17, 15) is 0 Å². The Balaban J connectivity index is 0.000000514. The second kappa shape index (κ2) is 4.62. The fourth-order valence-electron chi connectivity index (χ4n) is 2.19. The molecule has 0 saturated heterocycles. The SMILES string of the molecule is CC.Cc1ccc2c(ccc3cc(C)[nH]c32)c1. The van der Waals surface area contributed by atoms with Crippen molar-refractivity contribution in [2.45, 2.75) is 27.7 Å². The average molecular weight is 225 g/mol. The topological polar surface area (TPSA) is 15.8 Å². The minimum Gasteiger partial charge on any atom is -0.358 e. The van der Waals surface area contributed by atoms with E-state index in [2.05, 4.69) is 55.2 Å². The van der Waals surface area contributed by atoms with Gasteiger partial charge < -0.3 is 4.98 Å². The first kappa shape index (κ1) is 11.7. The van der Waals surface area contributed by atoms with Crippen LogP contribution in [-0.2, 0) is 0 Å². The van der Waals surface area contributed by atoms with Crippen molar-refractivity contribution in [1.82, 2.24) is 4.98 Å². The van der Waals surface area contributed by atoms with E-state index in [0.29, 0.717) is 0 Å². The number of aromatic nitrogens is 1. The Labute approximate surface area is 102 Å². The summed E-state index contributed by atoms with van der Waals surface area (Å²) in [7, 11) is 0. The van der Waals surface area contributed by atoms with Gasteiger partial charge in [-0.2, -0.15) is 0 Å². The van der Waals surface area contributed by atoms with E-state index >= 15 is 0 Å². The fraction of sp³-hybridized carbons (Fsp3) is 0.250. The summed E-state index contributed by atoms with van der Waals surface area (Å²) in [6.45, 7) is 8.23. The molecule has 1 N–H and O–H groups in total. The highest BCUT2D eigenvalue weighted by Crippen LogP contribution is 2.25. The summed E-state index contributed by atoms with van der Waals surface area (Å²) in [6.07, 6.45) is 0. The van der Waals surface area contributed by atoms with E-state index < -0.39 is 0 Å². The Morgan fingerprint density at radius 1 is 0.824 bits per heavy atom. The lowest BCUT2D eigenvalue weighted by Crippen LogP contribution is -1.77. The first-order chi connectivity index (χ1) is 8.24. The minimum absolute atomic E-state index is 1.22. The molecule has 1 nitrogen and oxygen atoms in total. The van der Waals surface area contributed by atoms with Crippen LogP contribution in [0.1, 0.15) is 25.1 Å². The summed E-state index contributed by atoms with van der Waals surface area (Å²) >= 11 is 0. The number of rotatable bonds is 0. The van der Waals surface area contributed by atoms with Gasteiger partial charge in [0.15, 0.2) is 0 Å². The first-order valence-electron chi connectivity index (χ1n) is 6.23. The van der Waals surface area contributed by atoms with E-state index in [-0.39, 0.29) is 0 Å². The number of aryl methyl sites for hydroxylation is 2. The zero-order valence-electron chi connectivity index (χ0n) is 11.0. The second-order valence-corrected chi connectivity index (χ2v) is 4.21. The molecule has 0 unspecified atom stereocenters. The molecule has 0 saturated carbocycles.